The third-order valence-corrected chi connectivity index (χ3v) is 5.24. The number of amides is 1. The molecule has 1 aromatic carbocycles. The molecule has 1 aromatic rings. The van der Waals surface area contributed by atoms with Gasteiger partial charge in [0.2, 0.25) is 5.91 Å². The highest BCUT2D eigenvalue weighted by Gasteiger charge is 2.41. The van der Waals surface area contributed by atoms with Crippen molar-refractivity contribution in [2.45, 2.75) is 69.4 Å². The number of hydrogen-bond donors (Lipinski definition) is 1. The molecular weight excluding hydrogens is 302 g/mol. The average Bonchev–Trinajstić information content (AvgIpc) is 2.98. The number of ketones is 1. The Morgan fingerprint density at radius 3 is 2.58 bits per heavy atom. The van der Waals surface area contributed by atoms with Gasteiger partial charge in [0.1, 0.15) is 0 Å². The molecule has 2 aliphatic rings. The first-order valence-electron chi connectivity index (χ1n) is 9.18. The Labute approximate surface area is 144 Å². The van der Waals surface area contributed by atoms with Gasteiger partial charge < -0.3 is 10.1 Å². The second-order valence-electron chi connectivity index (χ2n) is 7.17. The molecule has 0 bridgehead atoms. The van der Waals surface area contributed by atoms with Crippen molar-refractivity contribution in [1.82, 2.24) is 5.32 Å². The monoisotopic (exact) mass is 329 g/mol. The maximum Gasteiger partial charge on any atom is 0.220 e. The van der Waals surface area contributed by atoms with Crippen LogP contribution in [0, 0.1) is 0 Å². The lowest BCUT2D eigenvalue weighted by atomic mass is 9.82. The molecule has 1 atom stereocenters. The molecule has 1 unspecified atom stereocenters. The first kappa shape index (κ1) is 17.2. The molecule has 4 heteroatoms. The summed E-state index contributed by atoms with van der Waals surface area (Å²) in [5.41, 5.74) is 0.751. The van der Waals surface area contributed by atoms with E-state index < -0.39 is 0 Å². The van der Waals surface area contributed by atoms with Crippen molar-refractivity contribution >= 4 is 11.7 Å². The second kappa shape index (κ2) is 7.93. The minimum atomic E-state index is 0.0273. The summed E-state index contributed by atoms with van der Waals surface area (Å²) in [6, 6.07) is 9.40. The fourth-order valence-electron chi connectivity index (χ4n) is 3.96. The van der Waals surface area contributed by atoms with E-state index >= 15 is 0 Å². The Balaban J connectivity index is 1.36. The maximum atomic E-state index is 12.1. The first-order chi connectivity index (χ1) is 11.7. The number of hydrogen-bond acceptors (Lipinski definition) is 3. The van der Waals surface area contributed by atoms with E-state index in [0.29, 0.717) is 25.9 Å². The first-order valence-corrected chi connectivity index (χ1v) is 9.18. The minimum Gasteiger partial charge on any atom is -0.373 e. The van der Waals surface area contributed by atoms with E-state index in [1.54, 1.807) is 0 Å². The molecule has 0 radical (unpaired) electrons. The number of rotatable bonds is 6. The molecule has 130 valence electrons. The van der Waals surface area contributed by atoms with Crippen LogP contribution in [0.3, 0.4) is 0 Å². The van der Waals surface area contributed by atoms with Gasteiger partial charge in [-0.25, -0.2) is 0 Å². The summed E-state index contributed by atoms with van der Waals surface area (Å²) in [5.74, 6) is 0.145. The molecular formula is C20H27NO3. The zero-order valence-corrected chi connectivity index (χ0v) is 14.3. The van der Waals surface area contributed by atoms with E-state index in [4.69, 9.17) is 4.74 Å². The Hall–Kier alpha value is -1.68. The largest absolute Gasteiger partial charge is 0.373 e. The molecule has 1 aliphatic carbocycles. The molecule has 1 saturated carbocycles. The van der Waals surface area contributed by atoms with Crippen molar-refractivity contribution in [3.8, 4) is 0 Å². The molecule has 1 N–H and O–H groups in total. The number of nitrogens with one attached hydrogen (secondary N) is 1. The van der Waals surface area contributed by atoms with E-state index in [1.807, 2.05) is 30.3 Å². The Kier molecular flexibility index (Phi) is 5.67. The van der Waals surface area contributed by atoms with Crippen LogP contribution in [0.1, 0.15) is 68.1 Å². The van der Waals surface area contributed by atoms with Gasteiger partial charge in [-0.2, -0.15) is 0 Å². The molecule has 4 nitrogen and oxygen atoms in total. The molecule has 1 spiro atoms. The normalized spacial score (nSPS) is 22.4. The predicted molar refractivity (Wildman–Crippen MR) is 92.9 cm³/mol. The summed E-state index contributed by atoms with van der Waals surface area (Å²) in [6.07, 6.45) is 8.41. The van der Waals surface area contributed by atoms with E-state index in [1.165, 1.54) is 19.3 Å². The SMILES string of the molecule is O=C(CCCC(=O)c1ccccc1)NC1COC2(CCCCC2)C1. The maximum absolute atomic E-state index is 12.1. The van der Waals surface area contributed by atoms with E-state index in [-0.39, 0.29) is 23.3 Å². The van der Waals surface area contributed by atoms with Gasteiger partial charge in [-0.05, 0) is 25.7 Å². The highest BCUT2D eigenvalue weighted by molar-refractivity contribution is 5.96. The van der Waals surface area contributed by atoms with E-state index in [2.05, 4.69) is 5.32 Å². The quantitative estimate of drug-likeness (QED) is 0.811. The van der Waals surface area contributed by atoms with Gasteiger partial charge in [-0.3, -0.25) is 9.59 Å². The lowest BCUT2D eigenvalue weighted by Crippen LogP contribution is -2.37. The lowest BCUT2D eigenvalue weighted by molar-refractivity contribution is -0.121. The molecule has 0 aromatic heterocycles. The van der Waals surface area contributed by atoms with Crippen molar-refractivity contribution in [3.63, 3.8) is 0 Å². The standard InChI is InChI=1S/C20H27NO3/c22-18(16-8-3-1-4-9-16)10-7-11-19(23)21-17-14-20(24-15-17)12-5-2-6-13-20/h1,3-4,8-9,17H,2,5-7,10-15H2,(H,21,23). The Morgan fingerprint density at radius 1 is 1.08 bits per heavy atom. The number of carbonyl (C=O) groups is 2. The fourth-order valence-corrected chi connectivity index (χ4v) is 3.96. The molecule has 3 rings (SSSR count). The second-order valence-corrected chi connectivity index (χ2v) is 7.17. The van der Waals surface area contributed by atoms with Crippen LogP contribution in [0.25, 0.3) is 0 Å². The van der Waals surface area contributed by atoms with Gasteiger partial charge in [0.05, 0.1) is 18.2 Å². The average molecular weight is 329 g/mol. The molecule has 1 heterocycles. The number of carbonyl (C=O) groups excluding carboxylic acids is 2. The van der Waals surface area contributed by atoms with Crippen LogP contribution in [0.5, 0.6) is 0 Å². The third-order valence-electron chi connectivity index (χ3n) is 5.24. The van der Waals surface area contributed by atoms with Crippen LogP contribution < -0.4 is 5.32 Å². The van der Waals surface area contributed by atoms with Gasteiger partial charge in [0.25, 0.3) is 0 Å². The lowest BCUT2D eigenvalue weighted by Gasteiger charge is -2.32. The van der Waals surface area contributed by atoms with E-state index in [9.17, 15) is 9.59 Å². The molecule has 1 saturated heterocycles. The summed E-state index contributed by atoms with van der Waals surface area (Å²) in [5, 5.41) is 3.09. The Bertz CT molecular complexity index is 564. The zero-order valence-electron chi connectivity index (χ0n) is 14.3. The van der Waals surface area contributed by atoms with Crippen molar-refractivity contribution in [1.29, 1.82) is 0 Å². The third kappa shape index (κ3) is 4.44. The van der Waals surface area contributed by atoms with Crippen LogP contribution in [-0.2, 0) is 9.53 Å². The summed E-state index contributed by atoms with van der Waals surface area (Å²) >= 11 is 0. The van der Waals surface area contributed by atoms with E-state index in [0.717, 1.165) is 24.8 Å². The molecule has 1 amide bonds. The highest BCUT2D eigenvalue weighted by Crippen LogP contribution is 2.39. The van der Waals surface area contributed by atoms with Gasteiger partial charge >= 0.3 is 0 Å². The van der Waals surface area contributed by atoms with Gasteiger partial charge in [-0.15, -0.1) is 0 Å². The van der Waals surface area contributed by atoms with Crippen molar-refractivity contribution in [3.05, 3.63) is 35.9 Å². The molecule has 2 fully saturated rings. The topological polar surface area (TPSA) is 55.4 Å². The summed E-state index contributed by atoms with van der Waals surface area (Å²) in [7, 11) is 0. The molecule has 1 aliphatic heterocycles. The zero-order chi connectivity index (χ0) is 16.8. The van der Waals surface area contributed by atoms with Crippen LogP contribution in [0.15, 0.2) is 30.3 Å². The van der Waals surface area contributed by atoms with Crippen LogP contribution in [-0.4, -0.2) is 29.9 Å². The number of ether oxygens (including phenoxy) is 1. The minimum absolute atomic E-state index is 0.0273. The van der Waals surface area contributed by atoms with Crippen molar-refractivity contribution < 1.29 is 14.3 Å². The van der Waals surface area contributed by atoms with Gasteiger partial charge in [0, 0.05) is 18.4 Å². The smallest absolute Gasteiger partial charge is 0.220 e. The summed E-state index contributed by atoms with van der Waals surface area (Å²) in [4.78, 5) is 24.1. The summed E-state index contributed by atoms with van der Waals surface area (Å²) < 4.78 is 6.03. The van der Waals surface area contributed by atoms with Gasteiger partial charge in [0.15, 0.2) is 5.78 Å². The molecule has 24 heavy (non-hydrogen) atoms. The van der Waals surface area contributed by atoms with Crippen LogP contribution in [0.2, 0.25) is 0 Å². The summed E-state index contributed by atoms with van der Waals surface area (Å²) in [6.45, 7) is 0.634. The highest BCUT2D eigenvalue weighted by atomic mass is 16.5. The van der Waals surface area contributed by atoms with Crippen LogP contribution >= 0.6 is 0 Å². The fraction of sp³-hybridized carbons (Fsp3) is 0.600. The van der Waals surface area contributed by atoms with Crippen molar-refractivity contribution in [2.24, 2.45) is 0 Å². The van der Waals surface area contributed by atoms with Crippen molar-refractivity contribution in [2.75, 3.05) is 6.61 Å². The van der Waals surface area contributed by atoms with Crippen LogP contribution in [0.4, 0.5) is 0 Å². The number of Topliss-reactive ketones (excluding diaryl/α,β-unsaturated/α-hetero) is 1. The Morgan fingerprint density at radius 2 is 1.83 bits per heavy atom. The predicted octanol–water partition coefficient (Wildman–Crippen LogP) is 3.65. The van der Waals surface area contributed by atoms with Gasteiger partial charge in [-0.1, -0.05) is 49.6 Å². The number of benzene rings is 1.